The lowest BCUT2D eigenvalue weighted by molar-refractivity contribution is 0.598. The number of hydrazone groups is 1. The Bertz CT molecular complexity index is 802. The number of sulfonamides is 1. The van der Waals surface area contributed by atoms with Gasteiger partial charge in [0.25, 0.3) is 0 Å². The number of hydrogen-bond donors (Lipinski definition) is 1. The Balaban J connectivity index is 1.76. The van der Waals surface area contributed by atoms with Gasteiger partial charge >= 0.3 is 0 Å². The van der Waals surface area contributed by atoms with Crippen LogP contribution in [0.1, 0.15) is 11.5 Å². The van der Waals surface area contributed by atoms with Gasteiger partial charge in [-0.25, -0.2) is 13.6 Å². The second kappa shape index (κ2) is 5.72. The summed E-state index contributed by atoms with van der Waals surface area (Å²) < 4.78 is 22.5. The van der Waals surface area contributed by atoms with E-state index in [1.807, 2.05) is 35.5 Å². The number of benzene rings is 2. The first-order chi connectivity index (χ1) is 10.4. The van der Waals surface area contributed by atoms with Crippen molar-refractivity contribution in [3.63, 3.8) is 0 Å². The molecule has 3 rings (SSSR count). The largest absolute Gasteiger partial charge is 0.265 e. The molecule has 2 aromatic carbocycles. The first-order valence-electron chi connectivity index (χ1n) is 6.63. The molecular weight excluding hydrogens is 322 g/mol. The number of anilines is 1. The van der Waals surface area contributed by atoms with E-state index in [1.165, 1.54) is 12.1 Å². The number of nitrogens with zero attached hydrogens (tertiary/aromatic N) is 2. The highest BCUT2D eigenvalue weighted by molar-refractivity contribution is 7.89. The molecule has 5 nitrogen and oxygen atoms in total. The van der Waals surface area contributed by atoms with Crippen molar-refractivity contribution in [2.24, 2.45) is 10.2 Å². The predicted octanol–water partition coefficient (Wildman–Crippen LogP) is 2.58. The number of hydrogen-bond acceptors (Lipinski definition) is 4. The van der Waals surface area contributed by atoms with Gasteiger partial charge in [-0.1, -0.05) is 23.7 Å². The summed E-state index contributed by atoms with van der Waals surface area (Å²) in [4.78, 5) is 0.0914. The molecule has 0 aromatic heterocycles. The summed E-state index contributed by atoms with van der Waals surface area (Å²) in [5, 5.41) is 12.0. The highest BCUT2D eigenvalue weighted by atomic mass is 35.5. The van der Waals surface area contributed by atoms with Crippen LogP contribution in [0.3, 0.4) is 0 Å². The number of primary sulfonamides is 1. The minimum atomic E-state index is -3.67. The third kappa shape index (κ3) is 3.14. The van der Waals surface area contributed by atoms with Gasteiger partial charge in [0, 0.05) is 17.2 Å². The fourth-order valence-corrected chi connectivity index (χ4v) is 2.96. The monoisotopic (exact) mass is 335 g/mol. The van der Waals surface area contributed by atoms with Crippen molar-refractivity contribution in [2.75, 3.05) is 11.6 Å². The lowest BCUT2D eigenvalue weighted by Gasteiger charge is -2.16. The maximum atomic E-state index is 11.3. The van der Waals surface area contributed by atoms with Crippen LogP contribution in [0.15, 0.2) is 58.5 Å². The zero-order chi connectivity index (χ0) is 15.7. The molecule has 0 fully saturated rings. The van der Waals surface area contributed by atoms with E-state index in [0.717, 1.165) is 11.3 Å². The van der Waals surface area contributed by atoms with Gasteiger partial charge in [0.15, 0.2) is 0 Å². The van der Waals surface area contributed by atoms with Crippen molar-refractivity contribution in [1.82, 2.24) is 0 Å². The average Bonchev–Trinajstić information content (AvgIpc) is 2.97. The van der Waals surface area contributed by atoms with Crippen LogP contribution >= 0.6 is 11.6 Å². The Morgan fingerprint density at radius 3 is 2.32 bits per heavy atom. The van der Waals surface area contributed by atoms with Crippen molar-refractivity contribution in [3.8, 4) is 0 Å². The van der Waals surface area contributed by atoms with E-state index in [2.05, 4.69) is 5.10 Å². The third-order valence-corrected chi connectivity index (χ3v) is 4.70. The summed E-state index contributed by atoms with van der Waals surface area (Å²) in [6.07, 6.45) is 1.87. The van der Waals surface area contributed by atoms with Crippen molar-refractivity contribution in [1.29, 1.82) is 0 Å². The second-order valence-corrected chi connectivity index (χ2v) is 7.04. The molecule has 0 bridgehead atoms. The van der Waals surface area contributed by atoms with E-state index in [1.54, 1.807) is 12.1 Å². The van der Waals surface area contributed by atoms with Crippen LogP contribution in [0.5, 0.6) is 0 Å². The van der Waals surface area contributed by atoms with E-state index in [9.17, 15) is 8.42 Å². The zero-order valence-electron chi connectivity index (χ0n) is 11.6. The third-order valence-electron chi connectivity index (χ3n) is 3.52. The van der Waals surface area contributed by atoms with Crippen molar-refractivity contribution >= 4 is 33.5 Å². The number of nitrogens with two attached hydrogens (primary N) is 1. The maximum Gasteiger partial charge on any atom is 0.238 e. The van der Waals surface area contributed by atoms with Gasteiger partial charge in [-0.3, -0.25) is 5.01 Å². The van der Waals surface area contributed by atoms with E-state index in [0.29, 0.717) is 11.6 Å². The summed E-state index contributed by atoms with van der Waals surface area (Å²) in [7, 11) is -3.67. The molecule has 0 saturated carbocycles. The first kappa shape index (κ1) is 15.0. The van der Waals surface area contributed by atoms with Gasteiger partial charge in [-0.05, 0) is 42.0 Å². The maximum absolute atomic E-state index is 11.3. The highest BCUT2D eigenvalue weighted by Gasteiger charge is 2.20. The molecule has 0 amide bonds. The second-order valence-electron chi connectivity index (χ2n) is 5.04. The molecule has 0 aliphatic carbocycles. The van der Waals surface area contributed by atoms with Crippen LogP contribution in [0, 0.1) is 0 Å². The molecule has 114 valence electrons. The zero-order valence-corrected chi connectivity index (χ0v) is 13.1. The SMILES string of the molecule is NS(=O)(=O)c1ccc(N2CC(c3ccc(Cl)cc3)C=N2)cc1. The van der Waals surface area contributed by atoms with Crippen molar-refractivity contribution in [2.45, 2.75) is 10.8 Å². The summed E-state index contributed by atoms with van der Waals surface area (Å²) >= 11 is 5.89. The fraction of sp³-hybridized carbons (Fsp3) is 0.133. The van der Waals surface area contributed by atoms with Crippen LogP contribution in [-0.4, -0.2) is 21.2 Å². The Kier molecular flexibility index (Phi) is 3.90. The predicted molar refractivity (Wildman–Crippen MR) is 87.8 cm³/mol. The van der Waals surface area contributed by atoms with Gasteiger partial charge in [0.2, 0.25) is 10.0 Å². The van der Waals surface area contributed by atoms with Crippen LogP contribution in [-0.2, 0) is 10.0 Å². The lowest BCUT2D eigenvalue weighted by Crippen LogP contribution is -2.17. The van der Waals surface area contributed by atoms with E-state index in [4.69, 9.17) is 16.7 Å². The molecule has 1 unspecified atom stereocenters. The Hall–Kier alpha value is -1.89. The fourth-order valence-electron chi connectivity index (χ4n) is 2.32. The highest BCUT2D eigenvalue weighted by Crippen LogP contribution is 2.27. The molecule has 0 saturated heterocycles. The number of rotatable bonds is 3. The van der Waals surface area contributed by atoms with Crippen molar-refractivity contribution in [3.05, 3.63) is 59.1 Å². The standard InChI is InChI=1S/C15H14ClN3O2S/c16-13-3-1-11(2-4-13)12-9-18-19(10-12)14-5-7-15(8-6-14)22(17,20)21/h1-9,12H,10H2,(H2,17,20,21). The lowest BCUT2D eigenvalue weighted by atomic mass is 10.0. The van der Waals surface area contributed by atoms with Gasteiger partial charge in [-0.2, -0.15) is 5.10 Å². The average molecular weight is 336 g/mol. The number of halogens is 1. The normalized spacial score (nSPS) is 17.9. The van der Waals surface area contributed by atoms with E-state index >= 15 is 0 Å². The topological polar surface area (TPSA) is 75.8 Å². The summed E-state index contributed by atoms with van der Waals surface area (Å²) in [5.74, 6) is 0.176. The quantitative estimate of drug-likeness (QED) is 0.936. The molecule has 7 heteroatoms. The summed E-state index contributed by atoms with van der Waals surface area (Å²) in [5.41, 5.74) is 1.96. The van der Waals surface area contributed by atoms with Crippen LogP contribution in [0.25, 0.3) is 0 Å². The smallest absolute Gasteiger partial charge is 0.238 e. The molecule has 1 heterocycles. The van der Waals surface area contributed by atoms with Crippen LogP contribution < -0.4 is 10.1 Å². The molecule has 0 radical (unpaired) electrons. The van der Waals surface area contributed by atoms with E-state index < -0.39 is 10.0 Å². The molecule has 0 spiro atoms. The van der Waals surface area contributed by atoms with Gasteiger partial charge in [-0.15, -0.1) is 0 Å². The summed E-state index contributed by atoms with van der Waals surface area (Å²) in [6, 6.07) is 14.0. The van der Waals surface area contributed by atoms with Crippen molar-refractivity contribution < 1.29 is 8.42 Å². The molecular formula is C15H14ClN3O2S. The Morgan fingerprint density at radius 1 is 1.09 bits per heavy atom. The first-order valence-corrected chi connectivity index (χ1v) is 8.56. The minimum absolute atomic E-state index is 0.0914. The van der Waals surface area contributed by atoms with Crippen LogP contribution in [0.4, 0.5) is 5.69 Å². The molecule has 2 N–H and O–H groups in total. The Morgan fingerprint density at radius 2 is 1.73 bits per heavy atom. The van der Waals surface area contributed by atoms with E-state index in [-0.39, 0.29) is 10.8 Å². The summed E-state index contributed by atoms with van der Waals surface area (Å²) in [6.45, 7) is 0.691. The molecule has 2 aromatic rings. The molecule has 22 heavy (non-hydrogen) atoms. The molecule has 1 aliphatic heterocycles. The van der Waals surface area contributed by atoms with Gasteiger partial charge < -0.3 is 0 Å². The van der Waals surface area contributed by atoms with Gasteiger partial charge in [0.1, 0.15) is 0 Å². The molecule has 1 atom stereocenters. The Labute approximate surface area is 134 Å². The minimum Gasteiger partial charge on any atom is -0.265 e. The molecule has 1 aliphatic rings. The van der Waals surface area contributed by atoms with Crippen LogP contribution in [0.2, 0.25) is 5.02 Å². The van der Waals surface area contributed by atoms with Gasteiger partial charge in [0.05, 0.1) is 17.1 Å².